The van der Waals surface area contributed by atoms with Crippen LogP contribution in [0.3, 0.4) is 0 Å². The van der Waals surface area contributed by atoms with Gasteiger partial charge in [0.15, 0.2) is 0 Å². The van der Waals surface area contributed by atoms with E-state index in [0.29, 0.717) is 0 Å². The van der Waals surface area contributed by atoms with E-state index in [4.69, 9.17) is 0 Å². The predicted molar refractivity (Wildman–Crippen MR) is 21.2 cm³/mol. The van der Waals surface area contributed by atoms with E-state index in [9.17, 15) is 4.79 Å². The van der Waals surface area contributed by atoms with E-state index >= 15 is 0 Å². The quantitative estimate of drug-likeness (QED) is 0.274. The third-order valence-corrected chi connectivity index (χ3v) is 0.195. The summed E-state index contributed by atoms with van der Waals surface area (Å²) in [7, 11) is 0. The zero-order valence-electron chi connectivity index (χ0n) is 3.06. The summed E-state index contributed by atoms with van der Waals surface area (Å²) >= 11 is 0. The van der Waals surface area contributed by atoms with Crippen LogP contribution in [0.4, 0.5) is 0 Å². The summed E-state index contributed by atoms with van der Waals surface area (Å²) in [5.74, 6) is 1.18. The van der Waals surface area contributed by atoms with Crippen LogP contribution in [-0.4, -0.2) is 5.91 Å². The molecule has 0 aromatic rings. The van der Waals surface area contributed by atoms with Crippen molar-refractivity contribution in [1.82, 2.24) is 0 Å². The minimum Gasteiger partial charge on any atom is -0.359 e. The first-order valence-electron chi connectivity index (χ1n) is 1.28. The van der Waals surface area contributed by atoms with E-state index in [1.165, 1.54) is 0 Å². The number of amides is 1. The summed E-state index contributed by atoms with van der Waals surface area (Å²) in [4.78, 5) is 9.57. The molecule has 0 radical (unpaired) electrons. The van der Waals surface area contributed by atoms with Crippen molar-refractivity contribution in [2.45, 2.75) is 0 Å². The van der Waals surface area contributed by atoms with Crippen molar-refractivity contribution in [2.24, 2.45) is 11.5 Å². The Kier molecular flexibility index (Phi) is 1.68. The molecule has 0 saturated heterocycles. The average Bonchev–Trinajstić information content (AvgIpc) is 1.35. The summed E-state index contributed by atoms with van der Waals surface area (Å²) < 4.78 is 0. The molecule has 0 unspecified atom stereocenters. The van der Waals surface area contributed by atoms with Gasteiger partial charge in [-0.2, -0.15) is 0 Å². The van der Waals surface area contributed by atoms with Crippen molar-refractivity contribution < 1.29 is 4.79 Å². The lowest BCUT2D eigenvalue weighted by atomic mass is 10.7. The van der Waals surface area contributed by atoms with Crippen LogP contribution in [0, 0.1) is 12.0 Å². The highest BCUT2D eigenvalue weighted by Gasteiger charge is 1.73. The zero-order chi connectivity index (χ0) is 4.99. The van der Waals surface area contributed by atoms with E-state index in [1.807, 2.05) is 12.0 Å². The number of rotatable bonds is 0. The Balaban J connectivity index is 3.50. The zero-order valence-corrected chi connectivity index (χ0v) is 3.06. The van der Waals surface area contributed by atoms with Gasteiger partial charge in [0.2, 0.25) is 0 Å². The number of primary amides is 1. The molecule has 0 aliphatic carbocycles. The van der Waals surface area contributed by atoms with Crippen LogP contribution in [0.5, 0.6) is 0 Å². The predicted octanol–water partition coefficient (Wildman–Crippen LogP) is -1.61. The van der Waals surface area contributed by atoms with Gasteiger partial charge in [-0.15, -0.1) is 0 Å². The minimum absolute atomic E-state index is 0.697. The van der Waals surface area contributed by atoms with Crippen molar-refractivity contribution in [3.8, 4) is 12.0 Å². The van der Waals surface area contributed by atoms with E-state index in [-0.39, 0.29) is 0 Å². The maximum atomic E-state index is 9.57. The van der Waals surface area contributed by atoms with Crippen molar-refractivity contribution in [2.75, 3.05) is 0 Å². The Morgan fingerprint density at radius 2 is 2.17 bits per heavy atom. The van der Waals surface area contributed by atoms with Crippen molar-refractivity contribution >= 4 is 5.91 Å². The monoisotopic (exact) mass is 84.0 g/mol. The fraction of sp³-hybridized carbons (Fsp3) is 0. The summed E-state index contributed by atoms with van der Waals surface area (Å²) in [6, 6.07) is 1.84. The van der Waals surface area contributed by atoms with Gasteiger partial charge in [0, 0.05) is 12.0 Å². The Hall–Kier alpha value is -1.17. The molecule has 6 heavy (non-hydrogen) atoms. The standard InChI is InChI=1S/C3H4N2O/c4-2-1-3(5)6/h4H2,(H2,5,6). The molecular weight excluding hydrogens is 80.0 g/mol. The van der Waals surface area contributed by atoms with Crippen molar-refractivity contribution in [3.05, 3.63) is 0 Å². The summed E-state index contributed by atoms with van der Waals surface area (Å²) in [6.07, 6.45) is 0. The maximum Gasteiger partial charge on any atom is 0.295 e. The Bertz CT molecular complexity index is 108. The molecule has 4 N–H and O–H groups in total. The number of hydrogen-bond donors (Lipinski definition) is 2. The van der Waals surface area contributed by atoms with Crippen LogP contribution in [0.1, 0.15) is 0 Å². The van der Waals surface area contributed by atoms with Gasteiger partial charge in [-0.3, -0.25) is 4.79 Å². The number of carbonyl (C=O) groups excluding carboxylic acids is 1. The molecule has 0 aliphatic rings. The van der Waals surface area contributed by atoms with Crippen molar-refractivity contribution in [3.63, 3.8) is 0 Å². The van der Waals surface area contributed by atoms with E-state index in [1.54, 1.807) is 0 Å². The molecule has 0 fully saturated rings. The normalized spacial score (nSPS) is 5.33. The van der Waals surface area contributed by atoms with E-state index in [2.05, 4.69) is 11.5 Å². The highest BCUT2D eigenvalue weighted by molar-refractivity contribution is 5.91. The molecule has 0 heterocycles. The first-order valence-corrected chi connectivity index (χ1v) is 1.28. The molecule has 0 aliphatic heterocycles. The topological polar surface area (TPSA) is 69.1 Å². The van der Waals surface area contributed by atoms with Crippen LogP contribution in [0.15, 0.2) is 0 Å². The van der Waals surface area contributed by atoms with Gasteiger partial charge in [0.1, 0.15) is 0 Å². The van der Waals surface area contributed by atoms with Crippen LogP contribution in [0.2, 0.25) is 0 Å². The van der Waals surface area contributed by atoms with Crippen molar-refractivity contribution in [1.29, 1.82) is 0 Å². The molecule has 0 bridgehead atoms. The fourth-order valence-electron chi connectivity index (χ4n) is 0.0711. The molecule has 3 heteroatoms. The largest absolute Gasteiger partial charge is 0.359 e. The van der Waals surface area contributed by atoms with E-state index < -0.39 is 5.91 Å². The lowest BCUT2D eigenvalue weighted by Crippen LogP contribution is -2.06. The molecule has 0 rings (SSSR count). The first kappa shape index (κ1) is 4.83. The summed E-state index contributed by atoms with van der Waals surface area (Å²) in [5.41, 5.74) is 9.08. The molecule has 0 saturated carbocycles. The number of hydrogen-bond acceptors (Lipinski definition) is 2. The molecule has 0 aromatic carbocycles. The van der Waals surface area contributed by atoms with E-state index in [0.717, 1.165) is 0 Å². The molecule has 0 spiro atoms. The highest BCUT2D eigenvalue weighted by Crippen LogP contribution is 1.40. The summed E-state index contributed by atoms with van der Waals surface area (Å²) in [6.45, 7) is 0. The minimum atomic E-state index is -0.697. The molecule has 0 atom stereocenters. The number of carbonyl (C=O) groups is 1. The second-order valence-electron chi connectivity index (χ2n) is 0.634. The lowest BCUT2D eigenvalue weighted by molar-refractivity contribution is -0.112. The van der Waals surface area contributed by atoms with Gasteiger partial charge in [-0.1, -0.05) is 0 Å². The highest BCUT2D eigenvalue weighted by atomic mass is 16.1. The van der Waals surface area contributed by atoms with Gasteiger partial charge in [-0.05, 0) is 0 Å². The van der Waals surface area contributed by atoms with Crippen LogP contribution in [-0.2, 0) is 4.79 Å². The second-order valence-corrected chi connectivity index (χ2v) is 0.634. The van der Waals surface area contributed by atoms with Gasteiger partial charge in [0.25, 0.3) is 5.91 Å². The van der Waals surface area contributed by atoms with Crippen LogP contribution in [0.25, 0.3) is 0 Å². The Morgan fingerprint density at radius 1 is 1.67 bits per heavy atom. The Labute approximate surface area is 35.3 Å². The lowest BCUT2D eigenvalue weighted by Gasteiger charge is -1.64. The van der Waals surface area contributed by atoms with Gasteiger partial charge in [0.05, 0.1) is 0 Å². The molecule has 1 amide bonds. The van der Waals surface area contributed by atoms with Gasteiger partial charge < -0.3 is 11.5 Å². The van der Waals surface area contributed by atoms with Gasteiger partial charge in [-0.25, -0.2) is 0 Å². The SMILES string of the molecule is NC#CC(N)=O. The smallest absolute Gasteiger partial charge is 0.295 e. The fourth-order valence-corrected chi connectivity index (χ4v) is 0.0711. The van der Waals surface area contributed by atoms with Crippen LogP contribution >= 0.6 is 0 Å². The average molecular weight is 84.1 g/mol. The molecular formula is C3H4N2O. The van der Waals surface area contributed by atoms with Gasteiger partial charge >= 0.3 is 0 Å². The molecule has 0 aromatic heterocycles. The second kappa shape index (κ2) is 2.09. The third kappa shape index (κ3) is 2.83. The third-order valence-electron chi connectivity index (χ3n) is 0.195. The number of nitrogens with two attached hydrogens (primary N) is 2. The first-order chi connectivity index (χ1) is 2.77. The molecule has 32 valence electrons. The Morgan fingerprint density at radius 3 is 2.17 bits per heavy atom. The maximum absolute atomic E-state index is 9.57. The molecule has 3 nitrogen and oxygen atoms in total. The summed E-state index contributed by atoms with van der Waals surface area (Å²) in [5, 5.41) is 0. The van der Waals surface area contributed by atoms with Crippen LogP contribution < -0.4 is 11.5 Å².